The molecule has 4 atom stereocenters. The van der Waals surface area contributed by atoms with Gasteiger partial charge in [0.15, 0.2) is 0 Å². The monoisotopic (exact) mass is 846 g/mol. The van der Waals surface area contributed by atoms with Crippen molar-refractivity contribution < 1.29 is 0 Å². The first-order valence-electron chi connectivity index (χ1n) is 24.3. The second kappa shape index (κ2) is 13.2. The van der Waals surface area contributed by atoms with Crippen LogP contribution in [0.1, 0.15) is 104 Å². The SMILES string of the molecule is CC(C)(C)c1ccc(N2c3ccc(N4c5ccccc5C5(C)CCCC45C)cc3B3c4ccccc4N(c4ccccc4)c4cc(N5c6ccccc6C6(C)CCCC56C)cc2c43)cc1. The Hall–Kier alpha value is -6.20. The Morgan fingerprint density at radius 2 is 0.892 bits per heavy atom. The van der Waals surface area contributed by atoms with Gasteiger partial charge in [-0.25, -0.2) is 0 Å². The Morgan fingerprint density at radius 1 is 0.415 bits per heavy atom. The predicted octanol–water partition coefficient (Wildman–Crippen LogP) is 13.8. The summed E-state index contributed by atoms with van der Waals surface area (Å²) in [6.45, 7) is 17.1. The normalized spacial score (nSPS) is 25.5. The predicted molar refractivity (Wildman–Crippen MR) is 276 cm³/mol. The third-order valence-electron chi connectivity index (χ3n) is 18.0. The number of benzene rings is 7. The number of nitrogens with zero attached hydrogens (tertiary/aromatic N) is 4. The van der Waals surface area contributed by atoms with Crippen molar-refractivity contribution in [3.05, 3.63) is 174 Å². The lowest BCUT2D eigenvalue weighted by atomic mass is 9.33. The van der Waals surface area contributed by atoms with E-state index in [9.17, 15) is 0 Å². The molecule has 0 bridgehead atoms. The molecule has 0 aromatic heterocycles. The van der Waals surface area contributed by atoms with E-state index in [0.717, 1.165) is 6.42 Å². The molecule has 2 aliphatic carbocycles. The van der Waals surface area contributed by atoms with Crippen molar-refractivity contribution in [1.29, 1.82) is 0 Å². The van der Waals surface area contributed by atoms with Gasteiger partial charge in [0.05, 0.1) is 11.1 Å². The van der Waals surface area contributed by atoms with Crippen molar-refractivity contribution in [3.63, 3.8) is 0 Å². The molecular formula is C60H59BN4. The maximum atomic E-state index is 2.76. The third-order valence-corrected chi connectivity index (χ3v) is 18.0. The third kappa shape index (κ3) is 5.00. The quantitative estimate of drug-likeness (QED) is 0.164. The maximum Gasteiger partial charge on any atom is 0.252 e. The molecule has 13 rings (SSSR count). The highest BCUT2D eigenvalue weighted by atomic mass is 15.3. The molecule has 0 saturated heterocycles. The fourth-order valence-electron chi connectivity index (χ4n) is 14.3. The van der Waals surface area contributed by atoms with E-state index < -0.39 is 0 Å². The number of rotatable bonds is 4. The van der Waals surface area contributed by atoms with E-state index in [-0.39, 0.29) is 34.0 Å². The smallest absolute Gasteiger partial charge is 0.252 e. The van der Waals surface area contributed by atoms with Gasteiger partial charge in [0, 0.05) is 67.7 Å². The summed E-state index contributed by atoms with van der Waals surface area (Å²) in [7, 11) is 0. The van der Waals surface area contributed by atoms with Crippen LogP contribution in [0.2, 0.25) is 0 Å². The molecule has 0 N–H and O–H groups in total. The lowest BCUT2D eigenvalue weighted by molar-refractivity contribution is 0.330. The number of hydrogen-bond acceptors (Lipinski definition) is 4. The van der Waals surface area contributed by atoms with Gasteiger partial charge in [-0.1, -0.05) is 132 Å². The van der Waals surface area contributed by atoms with E-state index >= 15 is 0 Å². The van der Waals surface area contributed by atoms with Crippen LogP contribution in [0, 0.1) is 0 Å². The van der Waals surface area contributed by atoms with Gasteiger partial charge in [-0.2, -0.15) is 0 Å². The number of anilines is 10. The summed E-state index contributed by atoms with van der Waals surface area (Å²) in [4.78, 5) is 10.7. The van der Waals surface area contributed by atoms with Gasteiger partial charge in [0.2, 0.25) is 0 Å². The first-order chi connectivity index (χ1) is 31.4. The van der Waals surface area contributed by atoms with Crippen molar-refractivity contribution in [2.45, 2.75) is 114 Å². The van der Waals surface area contributed by atoms with Crippen LogP contribution in [0.15, 0.2) is 158 Å². The van der Waals surface area contributed by atoms with Crippen LogP contribution in [0.5, 0.6) is 0 Å². The molecule has 7 aromatic carbocycles. The highest BCUT2D eigenvalue weighted by Gasteiger charge is 2.61. The molecule has 0 amide bonds. The lowest BCUT2D eigenvalue weighted by Crippen LogP contribution is -2.61. The van der Waals surface area contributed by atoms with E-state index in [0.29, 0.717) is 0 Å². The first-order valence-corrected chi connectivity index (χ1v) is 24.3. The Kier molecular flexibility index (Phi) is 7.97. The molecule has 4 aliphatic heterocycles. The Labute approximate surface area is 386 Å². The van der Waals surface area contributed by atoms with Gasteiger partial charge in [-0.15, -0.1) is 0 Å². The Morgan fingerprint density at radius 3 is 1.48 bits per heavy atom. The average Bonchev–Trinajstić information content (AvgIpc) is 3.92. The van der Waals surface area contributed by atoms with Crippen molar-refractivity contribution in [3.8, 4) is 0 Å². The molecule has 5 heteroatoms. The minimum Gasteiger partial charge on any atom is -0.334 e. The zero-order chi connectivity index (χ0) is 44.3. The molecule has 4 nitrogen and oxygen atoms in total. The summed E-state index contributed by atoms with van der Waals surface area (Å²) < 4.78 is 0. The van der Waals surface area contributed by atoms with Crippen LogP contribution >= 0.6 is 0 Å². The number of para-hydroxylation sites is 4. The minimum absolute atomic E-state index is 0.0177. The summed E-state index contributed by atoms with van der Waals surface area (Å²) >= 11 is 0. The van der Waals surface area contributed by atoms with E-state index in [1.54, 1.807) is 0 Å². The molecule has 322 valence electrons. The second-order valence-corrected chi connectivity index (χ2v) is 22.1. The number of hydrogen-bond donors (Lipinski definition) is 0. The van der Waals surface area contributed by atoms with Crippen molar-refractivity contribution >= 4 is 80.0 Å². The van der Waals surface area contributed by atoms with Crippen LogP contribution < -0.4 is 36.0 Å². The summed E-state index contributed by atoms with van der Waals surface area (Å²) in [5.41, 5.74) is 21.1. The highest BCUT2D eigenvalue weighted by molar-refractivity contribution is 7.00. The standard InChI is InChI=1S/C60H59BN4/c1-56(2,3)40-27-29-42(30-28-40)63-52-32-31-43(64-49-24-14-11-21-45(49)57(4)33-17-35-59(57,64)6)37-48(52)61-47-23-13-16-26-51(47)62(41-19-9-8-10-20-41)53-38-44(39-54(63)55(53)61)65-50-25-15-12-22-46(50)58(5)34-18-36-60(58,65)7/h8-16,19-32,37-39H,17-18,33-36H2,1-7H3. The largest absolute Gasteiger partial charge is 0.334 e. The summed E-state index contributed by atoms with van der Waals surface area (Å²) in [5, 5.41) is 0. The maximum absolute atomic E-state index is 2.76. The molecule has 2 saturated carbocycles. The van der Waals surface area contributed by atoms with Crippen molar-refractivity contribution in [1.82, 2.24) is 0 Å². The van der Waals surface area contributed by atoms with E-state index in [1.165, 1.54) is 122 Å². The molecule has 2 fully saturated rings. The van der Waals surface area contributed by atoms with Crippen LogP contribution in [-0.4, -0.2) is 17.8 Å². The molecule has 0 spiro atoms. The molecular weight excluding hydrogens is 787 g/mol. The van der Waals surface area contributed by atoms with Gasteiger partial charge >= 0.3 is 0 Å². The van der Waals surface area contributed by atoms with Crippen LogP contribution in [0.3, 0.4) is 0 Å². The summed E-state index contributed by atoms with van der Waals surface area (Å²) in [6.07, 6.45) is 7.20. The first kappa shape index (κ1) is 39.2. The van der Waals surface area contributed by atoms with Crippen molar-refractivity contribution in [2.75, 3.05) is 19.6 Å². The van der Waals surface area contributed by atoms with Gasteiger partial charge in [0.1, 0.15) is 0 Å². The second-order valence-electron chi connectivity index (χ2n) is 22.1. The van der Waals surface area contributed by atoms with E-state index in [2.05, 4.69) is 226 Å². The lowest BCUT2D eigenvalue weighted by Gasteiger charge is -2.47. The summed E-state index contributed by atoms with van der Waals surface area (Å²) in [5.74, 6) is 0. The van der Waals surface area contributed by atoms with Crippen LogP contribution in [0.4, 0.5) is 56.9 Å². The zero-order valence-electron chi connectivity index (χ0n) is 39.1. The molecule has 0 radical (unpaired) electrons. The Bertz CT molecular complexity index is 3100. The van der Waals surface area contributed by atoms with Gasteiger partial charge in [0.25, 0.3) is 6.71 Å². The topological polar surface area (TPSA) is 13.0 Å². The van der Waals surface area contributed by atoms with Crippen molar-refractivity contribution in [2.24, 2.45) is 0 Å². The fraction of sp³-hybridized carbons (Fsp3) is 0.300. The molecule has 7 aromatic rings. The zero-order valence-corrected chi connectivity index (χ0v) is 39.1. The van der Waals surface area contributed by atoms with Gasteiger partial charge < -0.3 is 19.6 Å². The molecule has 4 heterocycles. The van der Waals surface area contributed by atoms with Crippen LogP contribution in [-0.2, 0) is 16.2 Å². The molecule has 6 aliphatic rings. The average molecular weight is 847 g/mol. The fourth-order valence-corrected chi connectivity index (χ4v) is 14.3. The Balaban J connectivity index is 1.11. The highest BCUT2D eigenvalue weighted by Crippen LogP contribution is 2.64. The van der Waals surface area contributed by atoms with Gasteiger partial charge in [-0.05, 0) is 151 Å². The molecule has 65 heavy (non-hydrogen) atoms. The number of fused-ring (bicyclic) bond motifs is 10. The van der Waals surface area contributed by atoms with Crippen LogP contribution in [0.25, 0.3) is 0 Å². The van der Waals surface area contributed by atoms with E-state index in [4.69, 9.17) is 0 Å². The van der Waals surface area contributed by atoms with E-state index in [1.807, 2.05) is 0 Å². The van der Waals surface area contributed by atoms with Gasteiger partial charge in [-0.3, -0.25) is 0 Å². The molecule has 4 unspecified atom stereocenters. The minimum atomic E-state index is -0.0707. The summed E-state index contributed by atoms with van der Waals surface area (Å²) in [6, 6.07) is 61.1.